The van der Waals surface area contributed by atoms with Crippen LogP contribution < -0.4 is 5.32 Å². The molecule has 2 amide bonds. The van der Waals surface area contributed by atoms with E-state index >= 15 is 0 Å². The van der Waals surface area contributed by atoms with Gasteiger partial charge in [0.25, 0.3) is 11.8 Å². The van der Waals surface area contributed by atoms with Gasteiger partial charge in [-0.15, -0.1) is 0 Å². The minimum absolute atomic E-state index is 0.0425. The molecular formula is C24H25N3O2. The van der Waals surface area contributed by atoms with Crippen molar-refractivity contribution in [2.75, 3.05) is 13.1 Å². The molecule has 0 atom stereocenters. The van der Waals surface area contributed by atoms with Crippen molar-refractivity contribution >= 4 is 11.8 Å². The van der Waals surface area contributed by atoms with E-state index in [1.807, 2.05) is 89.4 Å². The van der Waals surface area contributed by atoms with E-state index in [4.69, 9.17) is 0 Å². The van der Waals surface area contributed by atoms with Crippen LogP contribution in [0.15, 0.2) is 73.1 Å². The van der Waals surface area contributed by atoms with Crippen LogP contribution in [0.1, 0.15) is 39.1 Å². The fourth-order valence-electron chi connectivity index (χ4n) is 3.75. The molecule has 3 aromatic rings. The second-order valence-corrected chi connectivity index (χ2v) is 7.55. The summed E-state index contributed by atoms with van der Waals surface area (Å²) in [5, 5.41) is 3.11. The zero-order valence-corrected chi connectivity index (χ0v) is 16.5. The third-order valence-electron chi connectivity index (χ3n) is 5.41. The van der Waals surface area contributed by atoms with Crippen LogP contribution in [0.5, 0.6) is 0 Å². The number of carbonyl (C=O) groups is 2. The summed E-state index contributed by atoms with van der Waals surface area (Å²) in [6.07, 6.45) is 5.49. The van der Waals surface area contributed by atoms with E-state index in [0.29, 0.717) is 24.2 Å². The molecule has 1 N–H and O–H groups in total. The van der Waals surface area contributed by atoms with Crippen molar-refractivity contribution < 1.29 is 9.59 Å². The quantitative estimate of drug-likeness (QED) is 0.740. The molecule has 0 radical (unpaired) electrons. The van der Waals surface area contributed by atoms with Crippen molar-refractivity contribution in [2.45, 2.75) is 25.8 Å². The third kappa shape index (κ3) is 4.40. The summed E-state index contributed by atoms with van der Waals surface area (Å²) >= 11 is 0. The highest BCUT2D eigenvalue weighted by molar-refractivity contribution is 5.95. The molecule has 1 saturated heterocycles. The molecule has 148 valence electrons. The van der Waals surface area contributed by atoms with Crippen molar-refractivity contribution in [3.05, 3.63) is 89.7 Å². The topological polar surface area (TPSA) is 54.3 Å². The number of likely N-dealkylation sites (tertiary alicyclic amines) is 1. The number of nitrogens with one attached hydrogen (secondary N) is 1. The minimum Gasteiger partial charge on any atom is -0.349 e. The van der Waals surface area contributed by atoms with E-state index in [-0.39, 0.29) is 17.9 Å². The van der Waals surface area contributed by atoms with Gasteiger partial charge in [-0.2, -0.15) is 0 Å². The van der Waals surface area contributed by atoms with Crippen LogP contribution in [0, 0.1) is 6.92 Å². The smallest absolute Gasteiger partial charge is 0.253 e. The van der Waals surface area contributed by atoms with Crippen LogP contribution in [-0.2, 0) is 0 Å². The summed E-state index contributed by atoms with van der Waals surface area (Å²) in [6.45, 7) is 3.28. The number of carbonyl (C=O) groups excluding carboxylic acids is 2. The Balaban J connectivity index is 1.32. The summed E-state index contributed by atoms with van der Waals surface area (Å²) in [5.41, 5.74) is 3.49. The molecule has 1 aromatic heterocycles. The van der Waals surface area contributed by atoms with E-state index < -0.39 is 0 Å². The molecule has 0 unspecified atom stereocenters. The maximum atomic E-state index is 12.8. The normalized spacial score (nSPS) is 14.6. The Morgan fingerprint density at radius 2 is 1.59 bits per heavy atom. The number of benzene rings is 2. The lowest BCUT2D eigenvalue weighted by Crippen LogP contribution is -2.46. The van der Waals surface area contributed by atoms with Gasteiger partial charge in [0.05, 0.1) is 0 Å². The molecule has 2 aromatic carbocycles. The summed E-state index contributed by atoms with van der Waals surface area (Å²) in [4.78, 5) is 27.1. The van der Waals surface area contributed by atoms with Crippen molar-refractivity contribution in [3.8, 4) is 5.69 Å². The van der Waals surface area contributed by atoms with Crippen molar-refractivity contribution in [3.63, 3.8) is 0 Å². The number of rotatable bonds is 4. The molecule has 0 saturated carbocycles. The molecule has 4 rings (SSSR count). The van der Waals surface area contributed by atoms with Crippen LogP contribution in [0.4, 0.5) is 0 Å². The number of amides is 2. The second kappa shape index (κ2) is 8.35. The summed E-state index contributed by atoms with van der Waals surface area (Å²) < 4.78 is 2.01. The molecule has 2 heterocycles. The average Bonchev–Trinajstić information content (AvgIpc) is 3.29. The molecule has 5 heteroatoms. The zero-order chi connectivity index (χ0) is 20.2. The average molecular weight is 387 g/mol. The van der Waals surface area contributed by atoms with Crippen LogP contribution >= 0.6 is 0 Å². The van der Waals surface area contributed by atoms with E-state index in [0.717, 1.165) is 24.1 Å². The second-order valence-electron chi connectivity index (χ2n) is 7.55. The number of hydrogen-bond acceptors (Lipinski definition) is 2. The number of aryl methyl sites for hydroxylation is 1. The largest absolute Gasteiger partial charge is 0.349 e. The van der Waals surface area contributed by atoms with Gasteiger partial charge in [0, 0.05) is 48.3 Å². The van der Waals surface area contributed by atoms with Crippen molar-refractivity contribution in [1.29, 1.82) is 0 Å². The highest BCUT2D eigenvalue weighted by Crippen LogP contribution is 2.17. The van der Waals surface area contributed by atoms with E-state index in [1.165, 1.54) is 0 Å². The first-order valence-corrected chi connectivity index (χ1v) is 10.0. The lowest BCUT2D eigenvalue weighted by atomic mass is 10.0. The van der Waals surface area contributed by atoms with Crippen LogP contribution in [0.3, 0.4) is 0 Å². The Bertz CT molecular complexity index is 985. The van der Waals surface area contributed by atoms with Gasteiger partial charge in [0.15, 0.2) is 0 Å². The van der Waals surface area contributed by atoms with E-state index in [1.54, 1.807) is 0 Å². The molecule has 0 spiro atoms. The molecule has 0 bridgehead atoms. The van der Waals surface area contributed by atoms with Gasteiger partial charge in [-0.25, -0.2) is 0 Å². The van der Waals surface area contributed by atoms with Gasteiger partial charge in [-0.3, -0.25) is 9.59 Å². The maximum Gasteiger partial charge on any atom is 0.253 e. The highest BCUT2D eigenvalue weighted by atomic mass is 16.2. The van der Waals surface area contributed by atoms with Gasteiger partial charge in [-0.05, 0) is 68.3 Å². The Morgan fingerprint density at radius 3 is 2.24 bits per heavy atom. The SMILES string of the molecule is Cc1cccc(C(=O)NC2CCN(C(=O)c3ccc(-n4cccc4)cc3)CC2)c1. The van der Waals surface area contributed by atoms with Gasteiger partial charge in [-0.1, -0.05) is 17.7 Å². The van der Waals surface area contributed by atoms with Gasteiger partial charge in [0.1, 0.15) is 0 Å². The lowest BCUT2D eigenvalue weighted by Gasteiger charge is -2.32. The van der Waals surface area contributed by atoms with Crippen LogP contribution in [0.2, 0.25) is 0 Å². The Morgan fingerprint density at radius 1 is 0.897 bits per heavy atom. The summed E-state index contributed by atoms with van der Waals surface area (Å²) in [7, 11) is 0. The fraction of sp³-hybridized carbons (Fsp3) is 0.250. The lowest BCUT2D eigenvalue weighted by molar-refractivity contribution is 0.0698. The third-order valence-corrected chi connectivity index (χ3v) is 5.41. The zero-order valence-electron chi connectivity index (χ0n) is 16.5. The van der Waals surface area contributed by atoms with Crippen molar-refractivity contribution in [1.82, 2.24) is 14.8 Å². The minimum atomic E-state index is -0.0425. The first-order chi connectivity index (χ1) is 14.1. The number of nitrogens with zero attached hydrogens (tertiary/aromatic N) is 2. The standard InChI is InChI=1S/C24H25N3O2/c1-18-5-4-6-20(17-18)23(28)25-21-11-15-27(16-12-21)24(29)19-7-9-22(10-8-19)26-13-2-3-14-26/h2-10,13-14,17,21H,11-12,15-16H2,1H3,(H,25,28). The van der Waals surface area contributed by atoms with Crippen LogP contribution in [0.25, 0.3) is 5.69 Å². The predicted octanol–water partition coefficient (Wildman–Crippen LogP) is 3.82. The molecule has 1 fully saturated rings. The predicted molar refractivity (Wildman–Crippen MR) is 113 cm³/mol. The van der Waals surface area contributed by atoms with Gasteiger partial charge < -0.3 is 14.8 Å². The van der Waals surface area contributed by atoms with E-state index in [2.05, 4.69) is 5.32 Å². The first kappa shape index (κ1) is 19.0. The van der Waals surface area contributed by atoms with Gasteiger partial charge in [0.2, 0.25) is 0 Å². The first-order valence-electron chi connectivity index (χ1n) is 10.0. The summed E-state index contributed by atoms with van der Waals surface area (Å²) in [5.74, 6) is 0.00611. The number of hydrogen-bond donors (Lipinski definition) is 1. The highest BCUT2D eigenvalue weighted by Gasteiger charge is 2.25. The molecule has 1 aliphatic heterocycles. The van der Waals surface area contributed by atoms with Crippen LogP contribution in [-0.4, -0.2) is 40.4 Å². The van der Waals surface area contributed by atoms with Crippen molar-refractivity contribution in [2.24, 2.45) is 0 Å². The monoisotopic (exact) mass is 387 g/mol. The summed E-state index contributed by atoms with van der Waals surface area (Å²) in [6, 6.07) is 19.3. The maximum absolute atomic E-state index is 12.8. The Hall–Kier alpha value is -3.34. The molecule has 5 nitrogen and oxygen atoms in total. The number of piperidine rings is 1. The molecule has 29 heavy (non-hydrogen) atoms. The molecule has 0 aliphatic carbocycles. The van der Waals surface area contributed by atoms with E-state index in [9.17, 15) is 9.59 Å². The fourth-order valence-corrected chi connectivity index (χ4v) is 3.75. The molecular weight excluding hydrogens is 362 g/mol. The molecule has 1 aliphatic rings. The van der Waals surface area contributed by atoms with Gasteiger partial charge >= 0.3 is 0 Å². The Kier molecular flexibility index (Phi) is 5.47. The Labute approximate surface area is 171 Å². The number of aromatic nitrogens is 1.